The molecule has 0 unspecified atom stereocenters. The quantitative estimate of drug-likeness (QED) is 0.742. The molecule has 6 heteroatoms. The molecule has 0 spiro atoms. The van der Waals surface area contributed by atoms with Crippen LogP contribution in [0.2, 0.25) is 0 Å². The van der Waals surface area contributed by atoms with Crippen LogP contribution in [0, 0.1) is 0 Å². The summed E-state index contributed by atoms with van der Waals surface area (Å²) < 4.78 is 11.1. The predicted octanol–water partition coefficient (Wildman–Crippen LogP) is 1.81. The van der Waals surface area contributed by atoms with Gasteiger partial charge in [0.2, 0.25) is 0 Å². The number of carbonyl (C=O) groups is 1. The maximum Gasteiger partial charge on any atom is 0.335 e. The van der Waals surface area contributed by atoms with E-state index in [1.165, 1.54) is 0 Å². The minimum absolute atomic E-state index is 0.275. The zero-order chi connectivity index (χ0) is 17.4. The smallest absolute Gasteiger partial charge is 0.335 e. The van der Waals surface area contributed by atoms with E-state index in [4.69, 9.17) is 14.6 Å². The SMILES string of the molecule is CC(C)N(CCOc1ccc(C(=O)O)cc1)CCN1CCOCC1. The molecule has 0 radical (unpaired) electrons. The second kappa shape index (κ2) is 9.61. The number of hydrogen-bond acceptors (Lipinski definition) is 5. The first-order chi connectivity index (χ1) is 11.6. The molecular formula is C18H28N2O4. The minimum atomic E-state index is -0.921. The summed E-state index contributed by atoms with van der Waals surface area (Å²) in [4.78, 5) is 15.7. The van der Waals surface area contributed by atoms with E-state index in [0.717, 1.165) is 45.9 Å². The number of hydrogen-bond donors (Lipinski definition) is 1. The van der Waals surface area contributed by atoms with E-state index in [0.29, 0.717) is 18.4 Å². The maximum atomic E-state index is 10.8. The van der Waals surface area contributed by atoms with Gasteiger partial charge in [-0.05, 0) is 38.1 Å². The third kappa shape index (κ3) is 6.11. The monoisotopic (exact) mass is 336 g/mol. The lowest BCUT2D eigenvalue weighted by Gasteiger charge is -2.31. The summed E-state index contributed by atoms with van der Waals surface area (Å²) in [5.41, 5.74) is 0.275. The van der Waals surface area contributed by atoms with Gasteiger partial charge in [-0.2, -0.15) is 0 Å². The van der Waals surface area contributed by atoms with Crippen LogP contribution in [0.3, 0.4) is 0 Å². The van der Waals surface area contributed by atoms with Crippen molar-refractivity contribution in [2.45, 2.75) is 19.9 Å². The Balaban J connectivity index is 1.73. The first-order valence-corrected chi connectivity index (χ1v) is 8.56. The molecule has 1 aromatic carbocycles. The van der Waals surface area contributed by atoms with Crippen LogP contribution in [-0.4, -0.2) is 79.5 Å². The highest BCUT2D eigenvalue weighted by Crippen LogP contribution is 2.12. The summed E-state index contributed by atoms with van der Waals surface area (Å²) in [5.74, 6) is -0.215. The fourth-order valence-electron chi connectivity index (χ4n) is 2.70. The fourth-order valence-corrected chi connectivity index (χ4v) is 2.70. The lowest BCUT2D eigenvalue weighted by atomic mass is 10.2. The summed E-state index contributed by atoms with van der Waals surface area (Å²) >= 11 is 0. The minimum Gasteiger partial charge on any atom is -0.492 e. The number of morpholine rings is 1. The van der Waals surface area contributed by atoms with Crippen LogP contribution in [-0.2, 0) is 4.74 Å². The van der Waals surface area contributed by atoms with Gasteiger partial charge in [0.25, 0.3) is 0 Å². The van der Waals surface area contributed by atoms with Crippen LogP contribution >= 0.6 is 0 Å². The molecule has 1 aliphatic heterocycles. The Morgan fingerprint density at radius 3 is 2.50 bits per heavy atom. The van der Waals surface area contributed by atoms with E-state index in [1.807, 2.05) is 0 Å². The third-order valence-electron chi connectivity index (χ3n) is 4.29. The molecule has 1 heterocycles. The summed E-state index contributed by atoms with van der Waals surface area (Å²) in [7, 11) is 0. The first kappa shape index (κ1) is 18.7. The second-order valence-electron chi connectivity index (χ2n) is 6.26. The van der Waals surface area contributed by atoms with Crippen LogP contribution in [0.5, 0.6) is 5.75 Å². The van der Waals surface area contributed by atoms with Crippen molar-refractivity contribution in [1.29, 1.82) is 0 Å². The summed E-state index contributed by atoms with van der Waals surface area (Å²) in [6.07, 6.45) is 0. The van der Waals surface area contributed by atoms with Gasteiger partial charge in [0.15, 0.2) is 0 Å². The lowest BCUT2D eigenvalue weighted by Crippen LogP contribution is -2.44. The summed E-state index contributed by atoms with van der Waals surface area (Å²) in [6, 6.07) is 7.00. The number of carboxylic acid groups (broad SMARTS) is 1. The number of benzene rings is 1. The van der Waals surface area contributed by atoms with Gasteiger partial charge in [0.05, 0.1) is 18.8 Å². The molecule has 0 aliphatic carbocycles. The molecule has 6 nitrogen and oxygen atoms in total. The highest BCUT2D eigenvalue weighted by molar-refractivity contribution is 5.87. The lowest BCUT2D eigenvalue weighted by molar-refractivity contribution is 0.0308. The van der Waals surface area contributed by atoms with Gasteiger partial charge < -0.3 is 14.6 Å². The molecule has 24 heavy (non-hydrogen) atoms. The van der Waals surface area contributed by atoms with Crippen LogP contribution in [0.4, 0.5) is 0 Å². The Hall–Kier alpha value is -1.63. The molecule has 134 valence electrons. The van der Waals surface area contributed by atoms with Crippen LogP contribution < -0.4 is 4.74 Å². The van der Waals surface area contributed by atoms with Crippen LogP contribution in [0.15, 0.2) is 24.3 Å². The zero-order valence-corrected chi connectivity index (χ0v) is 14.6. The van der Waals surface area contributed by atoms with E-state index in [1.54, 1.807) is 24.3 Å². The molecule has 1 saturated heterocycles. The highest BCUT2D eigenvalue weighted by Gasteiger charge is 2.14. The molecular weight excluding hydrogens is 308 g/mol. The Bertz CT molecular complexity index is 498. The van der Waals surface area contributed by atoms with Crippen molar-refractivity contribution in [3.05, 3.63) is 29.8 Å². The molecule has 0 atom stereocenters. The van der Waals surface area contributed by atoms with Gasteiger partial charge in [0.1, 0.15) is 12.4 Å². The molecule has 0 saturated carbocycles. The van der Waals surface area contributed by atoms with Crippen molar-refractivity contribution in [2.75, 3.05) is 52.5 Å². The van der Waals surface area contributed by atoms with Crippen molar-refractivity contribution in [3.63, 3.8) is 0 Å². The van der Waals surface area contributed by atoms with E-state index >= 15 is 0 Å². The molecule has 2 rings (SSSR count). The predicted molar refractivity (Wildman–Crippen MR) is 92.9 cm³/mol. The van der Waals surface area contributed by atoms with Gasteiger partial charge in [-0.25, -0.2) is 4.79 Å². The molecule has 0 bridgehead atoms. The Labute approximate surface area is 144 Å². The molecule has 1 N–H and O–H groups in total. The number of nitrogens with zero attached hydrogens (tertiary/aromatic N) is 2. The van der Waals surface area contributed by atoms with Gasteiger partial charge in [-0.15, -0.1) is 0 Å². The average molecular weight is 336 g/mol. The normalized spacial score (nSPS) is 15.8. The van der Waals surface area contributed by atoms with Crippen molar-refractivity contribution in [1.82, 2.24) is 9.80 Å². The molecule has 1 fully saturated rings. The highest BCUT2D eigenvalue weighted by atomic mass is 16.5. The molecule has 0 aromatic heterocycles. The van der Waals surface area contributed by atoms with Crippen molar-refractivity contribution in [3.8, 4) is 5.75 Å². The molecule has 1 aromatic rings. The first-order valence-electron chi connectivity index (χ1n) is 8.56. The Morgan fingerprint density at radius 2 is 1.92 bits per heavy atom. The Kier molecular flexibility index (Phi) is 7.49. The molecule has 0 amide bonds. The topological polar surface area (TPSA) is 62.2 Å². The number of ether oxygens (including phenoxy) is 2. The van der Waals surface area contributed by atoms with E-state index in [-0.39, 0.29) is 5.56 Å². The van der Waals surface area contributed by atoms with Gasteiger partial charge in [-0.3, -0.25) is 9.80 Å². The maximum absolute atomic E-state index is 10.8. The van der Waals surface area contributed by atoms with E-state index in [2.05, 4.69) is 23.6 Å². The zero-order valence-electron chi connectivity index (χ0n) is 14.6. The van der Waals surface area contributed by atoms with Gasteiger partial charge in [-0.1, -0.05) is 0 Å². The average Bonchev–Trinajstić information content (AvgIpc) is 2.59. The number of rotatable bonds is 9. The second-order valence-corrected chi connectivity index (χ2v) is 6.26. The van der Waals surface area contributed by atoms with Crippen molar-refractivity contribution in [2.24, 2.45) is 0 Å². The Morgan fingerprint density at radius 1 is 1.25 bits per heavy atom. The van der Waals surface area contributed by atoms with Crippen LogP contribution in [0.1, 0.15) is 24.2 Å². The van der Waals surface area contributed by atoms with Gasteiger partial charge in [0, 0.05) is 38.8 Å². The van der Waals surface area contributed by atoms with E-state index in [9.17, 15) is 4.79 Å². The third-order valence-corrected chi connectivity index (χ3v) is 4.29. The van der Waals surface area contributed by atoms with Gasteiger partial charge >= 0.3 is 5.97 Å². The summed E-state index contributed by atoms with van der Waals surface area (Å²) in [6.45, 7) is 11.6. The number of aromatic carboxylic acids is 1. The summed E-state index contributed by atoms with van der Waals surface area (Å²) in [5, 5.41) is 8.89. The van der Waals surface area contributed by atoms with Crippen molar-refractivity contribution < 1.29 is 19.4 Å². The van der Waals surface area contributed by atoms with Crippen LogP contribution in [0.25, 0.3) is 0 Å². The van der Waals surface area contributed by atoms with Crippen molar-refractivity contribution >= 4 is 5.97 Å². The molecule has 1 aliphatic rings. The largest absolute Gasteiger partial charge is 0.492 e. The standard InChI is InChI=1S/C18H28N2O4/c1-15(2)20(8-7-19-9-12-23-13-10-19)11-14-24-17-5-3-16(4-6-17)18(21)22/h3-6,15H,7-14H2,1-2H3,(H,21,22). The number of carboxylic acids is 1. The fraction of sp³-hybridized carbons (Fsp3) is 0.611. The van der Waals surface area contributed by atoms with E-state index < -0.39 is 5.97 Å².